The molecule has 3 aromatic rings. The van der Waals surface area contributed by atoms with Gasteiger partial charge in [0.25, 0.3) is 5.22 Å². The van der Waals surface area contributed by atoms with Crippen molar-refractivity contribution in [3.8, 4) is 0 Å². The average molecular weight is 297 g/mol. The first-order chi connectivity index (χ1) is 10.3. The van der Waals surface area contributed by atoms with E-state index in [9.17, 15) is 0 Å². The molecule has 4 nitrogen and oxygen atoms in total. The second-order valence-corrected chi connectivity index (χ2v) is 5.57. The van der Waals surface area contributed by atoms with Crippen molar-refractivity contribution in [1.82, 2.24) is 10.2 Å². The molecule has 1 aromatic heterocycles. The van der Waals surface area contributed by atoms with E-state index >= 15 is 0 Å². The lowest BCUT2D eigenvalue weighted by Gasteiger charge is -2.00. The van der Waals surface area contributed by atoms with Crippen molar-refractivity contribution in [1.29, 1.82) is 0 Å². The van der Waals surface area contributed by atoms with E-state index in [2.05, 4.69) is 46.7 Å². The van der Waals surface area contributed by atoms with Crippen LogP contribution in [0.1, 0.15) is 11.1 Å². The lowest BCUT2D eigenvalue weighted by Crippen LogP contribution is -1.88. The number of anilines is 2. The fourth-order valence-corrected chi connectivity index (χ4v) is 2.51. The van der Waals surface area contributed by atoms with Gasteiger partial charge in [0.05, 0.1) is 0 Å². The van der Waals surface area contributed by atoms with E-state index < -0.39 is 0 Å². The molecule has 0 unspecified atom stereocenters. The van der Waals surface area contributed by atoms with Gasteiger partial charge < -0.3 is 9.73 Å². The van der Waals surface area contributed by atoms with Gasteiger partial charge in [-0.05, 0) is 24.6 Å². The standard InChI is InChI=1S/C16H15N3OS/c1-12-7-9-13(10-8-12)11-21-16-19-18-15(20-16)17-14-5-3-2-4-6-14/h2-10H,11H2,1H3,(H,17,18). The average Bonchev–Trinajstić information content (AvgIpc) is 2.95. The molecule has 0 atom stereocenters. The number of para-hydroxylation sites is 1. The summed E-state index contributed by atoms with van der Waals surface area (Å²) in [5.74, 6) is 0.813. The molecule has 0 saturated carbocycles. The molecule has 0 spiro atoms. The minimum absolute atomic E-state index is 0.410. The molecule has 1 N–H and O–H groups in total. The minimum atomic E-state index is 0.410. The maximum absolute atomic E-state index is 5.56. The Morgan fingerprint density at radius 1 is 1.00 bits per heavy atom. The van der Waals surface area contributed by atoms with Crippen LogP contribution in [0.3, 0.4) is 0 Å². The fourth-order valence-electron chi connectivity index (χ4n) is 1.79. The molecule has 21 heavy (non-hydrogen) atoms. The Balaban J connectivity index is 1.59. The van der Waals surface area contributed by atoms with Gasteiger partial charge in [-0.3, -0.25) is 0 Å². The molecule has 0 aliphatic carbocycles. The highest BCUT2D eigenvalue weighted by Crippen LogP contribution is 2.24. The van der Waals surface area contributed by atoms with Crippen LogP contribution in [0.15, 0.2) is 64.2 Å². The number of nitrogens with one attached hydrogen (secondary N) is 1. The number of nitrogens with zero attached hydrogens (tertiary/aromatic N) is 2. The number of thioether (sulfide) groups is 1. The normalized spacial score (nSPS) is 10.5. The molecule has 1 heterocycles. The summed E-state index contributed by atoms with van der Waals surface area (Å²) in [6, 6.07) is 18.6. The third kappa shape index (κ3) is 3.86. The monoisotopic (exact) mass is 297 g/mol. The number of benzene rings is 2. The van der Waals surface area contributed by atoms with Gasteiger partial charge in [0.1, 0.15) is 0 Å². The minimum Gasteiger partial charge on any atom is -0.398 e. The van der Waals surface area contributed by atoms with Crippen LogP contribution >= 0.6 is 11.8 Å². The van der Waals surface area contributed by atoms with E-state index in [0.29, 0.717) is 11.2 Å². The molecule has 0 radical (unpaired) electrons. The van der Waals surface area contributed by atoms with Crippen molar-refractivity contribution >= 4 is 23.5 Å². The summed E-state index contributed by atoms with van der Waals surface area (Å²) < 4.78 is 5.56. The maximum atomic E-state index is 5.56. The molecule has 0 amide bonds. The van der Waals surface area contributed by atoms with Crippen molar-refractivity contribution in [2.24, 2.45) is 0 Å². The largest absolute Gasteiger partial charge is 0.398 e. The molecule has 0 aliphatic rings. The van der Waals surface area contributed by atoms with E-state index in [1.54, 1.807) is 0 Å². The number of hydrogen-bond acceptors (Lipinski definition) is 5. The zero-order chi connectivity index (χ0) is 14.5. The van der Waals surface area contributed by atoms with Crippen molar-refractivity contribution in [3.63, 3.8) is 0 Å². The van der Waals surface area contributed by atoms with Gasteiger partial charge in [-0.2, -0.15) is 0 Å². The van der Waals surface area contributed by atoms with Crippen molar-refractivity contribution in [3.05, 3.63) is 65.7 Å². The number of hydrogen-bond donors (Lipinski definition) is 1. The predicted molar refractivity (Wildman–Crippen MR) is 84.8 cm³/mol. The van der Waals surface area contributed by atoms with Crippen molar-refractivity contribution < 1.29 is 4.42 Å². The molecular formula is C16H15N3OS. The van der Waals surface area contributed by atoms with Crippen molar-refractivity contribution in [2.75, 3.05) is 5.32 Å². The van der Waals surface area contributed by atoms with Gasteiger partial charge in [-0.25, -0.2) is 0 Å². The van der Waals surface area contributed by atoms with Gasteiger partial charge in [0, 0.05) is 11.4 Å². The Labute approximate surface area is 127 Å². The fraction of sp³-hybridized carbons (Fsp3) is 0.125. The SMILES string of the molecule is Cc1ccc(CSc2nnc(Nc3ccccc3)o2)cc1. The van der Waals surface area contributed by atoms with Gasteiger partial charge in [-0.15, -0.1) is 0 Å². The molecule has 0 fully saturated rings. The molecule has 0 saturated heterocycles. The number of aryl methyl sites for hydroxylation is 1. The van der Waals surface area contributed by atoms with E-state index in [1.807, 2.05) is 30.3 Å². The van der Waals surface area contributed by atoms with E-state index in [-0.39, 0.29) is 0 Å². The first-order valence-electron chi connectivity index (χ1n) is 6.63. The molecule has 0 aliphatic heterocycles. The predicted octanol–water partition coefficient (Wildman–Crippen LogP) is 4.41. The molecule has 106 valence electrons. The smallest absolute Gasteiger partial charge is 0.320 e. The summed E-state index contributed by atoms with van der Waals surface area (Å²) in [7, 11) is 0. The van der Waals surface area contributed by atoms with Gasteiger partial charge in [-0.1, -0.05) is 70.0 Å². The Hall–Kier alpha value is -2.27. The molecule has 3 rings (SSSR count). The molecule has 2 aromatic carbocycles. The van der Waals surface area contributed by atoms with Crippen LogP contribution in [-0.4, -0.2) is 10.2 Å². The van der Waals surface area contributed by atoms with Crippen LogP contribution in [-0.2, 0) is 5.75 Å². The highest BCUT2D eigenvalue weighted by molar-refractivity contribution is 7.98. The van der Waals surface area contributed by atoms with Gasteiger partial charge in [0.15, 0.2) is 0 Å². The quantitative estimate of drug-likeness (QED) is 0.707. The van der Waals surface area contributed by atoms with Crippen LogP contribution in [0.5, 0.6) is 0 Å². The van der Waals surface area contributed by atoms with Crippen LogP contribution in [0.25, 0.3) is 0 Å². The van der Waals surface area contributed by atoms with Crippen LogP contribution in [0.2, 0.25) is 0 Å². The Kier molecular flexibility index (Phi) is 4.21. The molecule has 0 bridgehead atoms. The van der Waals surface area contributed by atoms with E-state index in [1.165, 1.54) is 22.9 Å². The second kappa shape index (κ2) is 6.45. The summed E-state index contributed by atoms with van der Waals surface area (Å²) in [6.45, 7) is 2.08. The Bertz CT molecular complexity index is 695. The lowest BCUT2D eigenvalue weighted by atomic mass is 10.2. The van der Waals surface area contributed by atoms with Gasteiger partial charge >= 0.3 is 6.01 Å². The first-order valence-corrected chi connectivity index (χ1v) is 7.62. The summed E-state index contributed by atoms with van der Waals surface area (Å²) >= 11 is 1.53. The summed E-state index contributed by atoms with van der Waals surface area (Å²) in [4.78, 5) is 0. The second-order valence-electron chi connectivity index (χ2n) is 4.64. The maximum Gasteiger partial charge on any atom is 0.320 e. The number of rotatable bonds is 5. The van der Waals surface area contributed by atoms with Crippen molar-refractivity contribution in [2.45, 2.75) is 17.9 Å². The van der Waals surface area contributed by atoms with Gasteiger partial charge in [0.2, 0.25) is 0 Å². The zero-order valence-electron chi connectivity index (χ0n) is 11.6. The zero-order valence-corrected chi connectivity index (χ0v) is 12.4. The Morgan fingerprint density at radius 2 is 1.76 bits per heavy atom. The summed E-state index contributed by atoms with van der Waals surface area (Å²) in [5.41, 5.74) is 3.42. The van der Waals surface area contributed by atoms with E-state index in [4.69, 9.17) is 4.42 Å². The van der Waals surface area contributed by atoms with Crippen LogP contribution in [0.4, 0.5) is 11.7 Å². The summed E-state index contributed by atoms with van der Waals surface area (Å²) in [5, 5.41) is 11.7. The van der Waals surface area contributed by atoms with E-state index in [0.717, 1.165) is 11.4 Å². The van der Waals surface area contributed by atoms with Crippen LogP contribution in [0, 0.1) is 6.92 Å². The summed E-state index contributed by atoms with van der Waals surface area (Å²) in [6.07, 6.45) is 0. The topological polar surface area (TPSA) is 51.0 Å². The molecular weight excluding hydrogens is 282 g/mol. The highest BCUT2D eigenvalue weighted by atomic mass is 32.2. The third-order valence-corrected chi connectivity index (χ3v) is 3.80. The Morgan fingerprint density at radius 3 is 2.52 bits per heavy atom. The van der Waals surface area contributed by atoms with Crippen LogP contribution < -0.4 is 5.32 Å². The lowest BCUT2D eigenvalue weighted by molar-refractivity contribution is 0.468. The highest BCUT2D eigenvalue weighted by Gasteiger charge is 2.07. The third-order valence-electron chi connectivity index (χ3n) is 2.91. The first kappa shape index (κ1) is 13.7. The molecule has 5 heteroatoms. The number of aromatic nitrogens is 2.